The minimum absolute atomic E-state index is 0.110. The van der Waals surface area contributed by atoms with Gasteiger partial charge in [0.05, 0.1) is 10.6 Å². The van der Waals surface area contributed by atoms with E-state index in [0.717, 1.165) is 6.42 Å². The zero-order valence-electron chi connectivity index (χ0n) is 9.50. The van der Waals surface area contributed by atoms with Crippen LogP contribution < -0.4 is 0 Å². The minimum Gasteiger partial charge on any atom is -0.493 e. The van der Waals surface area contributed by atoms with Crippen LogP contribution in [0.5, 0.6) is 0 Å². The topological polar surface area (TPSA) is 26.3 Å². The van der Waals surface area contributed by atoms with Crippen LogP contribution in [-0.2, 0) is 9.53 Å². The Balaban J connectivity index is 1.87. The van der Waals surface area contributed by atoms with Crippen molar-refractivity contribution in [1.82, 2.24) is 0 Å². The summed E-state index contributed by atoms with van der Waals surface area (Å²) in [5.74, 6) is 1.08. The standard InChI is InChI=1S/C13H8Cl4O2/c14-8-7(13(16,17)12(18)9(8)15)11-6-3-4-1-2-5(6)10(4)19-11/h1-2,4-6,10H,3H2/b11-7-. The number of allylic oxidation sites excluding steroid dienone is 4. The predicted molar refractivity (Wildman–Crippen MR) is 74.3 cm³/mol. The zero-order valence-corrected chi connectivity index (χ0v) is 12.5. The number of rotatable bonds is 0. The van der Waals surface area contributed by atoms with Crippen molar-refractivity contribution < 1.29 is 9.53 Å². The molecule has 100 valence electrons. The highest BCUT2D eigenvalue weighted by atomic mass is 35.5. The third kappa shape index (κ3) is 1.39. The van der Waals surface area contributed by atoms with Gasteiger partial charge in [-0.05, 0) is 6.42 Å². The second-order valence-corrected chi connectivity index (χ2v) is 7.40. The third-order valence-electron chi connectivity index (χ3n) is 4.43. The first kappa shape index (κ1) is 12.6. The fraction of sp³-hybridized carbons (Fsp3) is 0.462. The monoisotopic (exact) mass is 336 g/mol. The molecule has 1 saturated carbocycles. The normalized spacial score (nSPS) is 45.6. The maximum atomic E-state index is 11.9. The number of ketones is 1. The van der Waals surface area contributed by atoms with Gasteiger partial charge in [-0.25, -0.2) is 0 Å². The number of halogens is 4. The Kier molecular flexibility index (Phi) is 2.47. The lowest BCUT2D eigenvalue weighted by molar-refractivity contribution is -0.114. The van der Waals surface area contributed by atoms with Gasteiger partial charge in [0, 0.05) is 17.8 Å². The summed E-state index contributed by atoms with van der Waals surface area (Å²) in [7, 11) is 0. The van der Waals surface area contributed by atoms with Crippen LogP contribution in [0.3, 0.4) is 0 Å². The molecule has 19 heavy (non-hydrogen) atoms. The van der Waals surface area contributed by atoms with Crippen molar-refractivity contribution >= 4 is 52.2 Å². The lowest BCUT2D eigenvalue weighted by Gasteiger charge is -2.26. The van der Waals surface area contributed by atoms with Crippen LogP contribution in [0.4, 0.5) is 0 Å². The van der Waals surface area contributed by atoms with Gasteiger partial charge in [0.25, 0.3) is 0 Å². The van der Waals surface area contributed by atoms with E-state index < -0.39 is 10.1 Å². The highest BCUT2D eigenvalue weighted by Crippen LogP contribution is 2.60. The maximum Gasteiger partial charge on any atom is 0.216 e. The first-order chi connectivity index (χ1) is 8.93. The molecule has 0 aromatic rings. The van der Waals surface area contributed by atoms with Gasteiger partial charge in [-0.15, -0.1) is 0 Å². The summed E-state index contributed by atoms with van der Waals surface area (Å²) >= 11 is 24.3. The highest BCUT2D eigenvalue weighted by molar-refractivity contribution is 6.70. The molecule has 0 aromatic heterocycles. The van der Waals surface area contributed by atoms with Gasteiger partial charge in [-0.2, -0.15) is 0 Å². The van der Waals surface area contributed by atoms with Crippen molar-refractivity contribution in [3.63, 3.8) is 0 Å². The molecule has 4 rings (SSSR count). The fourth-order valence-electron chi connectivity index (χ4n) is 3.59. The smallest absolute Gasteiger partial charge is 0.216 e. The number of Topliss-reactive ketones (excluding diaryl/α,β-unsaturated/α-hetero) is 1. The molecule has 4 unspecified atom stereocenters. The molecule has 1 heterocycles. The Morgan fingerprint density at radius 1 is 1.21 bits per heavy atom. The van der Waals surface area contributed by atoms with Crippen molar-refractivity contribution in [3.05, 3.63) is 33.5 Å². The predicted octanol–water partition coefficient (Wildman–Crippen LogP) is 3.91. The largest absolute Gasteiger partial charge is 0.493 e. The molecule has 1 saturated heterocycles. The van der Waals surface area contributed by atoms with Crippen molar-refractivity contribution in [2.45, 2.75) is 16.9 Å². The van der Waals surface area contributed by atoms with Crippen LogP contribution in [0.1, 0.15) is 6.42 Å². The maximum absolute atomic E-state index is 11.9. The molecule has 6 heteroatoms. The van der Waals surface area contributed by atoms with Crippen LogP contribution in [0.25, 0.3) is 0 Å². The zero-order chi connectivity index (χ0) is 13.5. The summed E-state index contributed by atoms with van der Waals surface area (Å²) in [5, 5.41) is 0.0142. The summed E-state index contributed by atoms with van der Waals surface area (Å²) in [6, 6.07) is 0. The number of carbonyl (C=O) groups is 1. The average molecular weight is 338 g/mol. The lowest BCUT2D eigenvalue weighted by atomic mass is 9.90. The third-order valence-corrected chi connectivity index (χ3v) is 5.99. The molecule has 0 N–H and O–H groups in total. The van der Waals surface area contributed by atoms with E-state index >= 15 is 0 Å². The van der Waals surface area contributed by atoms with Crippen molar-refractivity contribution in [2.24, 2.45) is 17.8 Å². The van der Waals surface area contributed by atoms with Crippen LogP contribution in [0.2, 0.25) is 0 Å². The van der Waals surface area contributed by atoms with E-state index in [-0.39, 0.29) is 22.1 Å². The molecule has 2 nitrogen and oxygen atoms in total. The van der Waals surface area contributed by atoms with Gasteiger partial charge in [0.1, 0.15) is 16.9 Å². The van der Waals surface area contributed by atoms with E-state index in [9.17, 15) is 4.79 Å². The number of hydrogen-bond acceptors (Lipinski definition) is 2. The molecule has 0 aromatic carbocycles. The molecule has 4 bridgehead atoms. The summed E-state index contributed by atoms with van der Waals surface area (Å²) in [6.45, 7) is 0. The molecule has 4 atom stereocenters. The lowest BCUT2D eigenvalue weighted by Crippen LogP contribution is -2.26. The Hall–Kier alpha value is -0.150. The van der Waals surface area contributed by atoms with Gasteiger partial charge in [-0.3, -0.25) is 4.79 Å². The molecule has 0 radical (unpaired) electrons. The Bertz CT molecular complexity index is 602. The van der Waals surface area contributed by atoms with E-state index in [2.05, 4.69) is 12.2 Å². The Labute approximate surface area is 130 Å². The van der Waals surface area contributed by atoms with E-state index in [0.29, 0.717) is 23.2 Å². The van der Waals surface area contributed by atoms with Gasteiger partial charge in [0.2, 0.25) is 10.1 Å². The SMILES string of the molecule is O=C1C(Cl)=C(Cl)/C(=C2/OC3C4C=CC3C2C4)C1(Cl)Cl. The first-order valence-corrected chi connectivity index (χ1v) is 7.52. The van der Waals surface area contributed by atoms with E-state index in [1.165, 1.54) is 0 Å². The molecule has 1 aliphatic heterocycles. The number of ether oxygens (including phenoxy) is 1. The van der Waals surface area contributed by atoms with Crippen LogP contribution in [0, 0.1) is 17.8 Å². The Morgan fingerprint density at radius 2 is 1.95 bits per heavy atom. The fourth-order valence-corrected chi connectivity index (χ4v) is 4.90. The van der Waals surface area contributed by atoms with Crippen molar-refractivity contribution in [2.75, 3.05) is 0 Å². The van der Waals surface area contributed by atoms with Crippen molar-refractivity contribution in [1.29, 1.82) is 0 Å². The summed E-state index contributed by atoms with van der Waals surface area (Å²) in [4.78, 5) is 11.9. The molecule has 0 spiro atoms. The van der Waals surface area contributed by atoms with E-state index in [1.54, 1.807) is 0 Å². The second-order valence-electron chi connectivity index (χ2n) is 5.32. The van der Waals surface area contributed by atoms with Gasteiger partial charge in [-0.1, -0.05) is 58.6 Å². The van der Waals surface area contributed by atoms with Gasteiger partial charge < -0.3 is 4.74 Å². The first-order valence-electron chi connectivity index (χ1n) is 6.01. The van der Waals surface area contributed by atoms with Gasteiger partial charge >= 0.3 is 0 Å². The van der Waals surface area contributed by atoms with E-state index in [4.69, 9.17) is 51.1 Å². The molecular weight excluding hydrogens is 330 g/mol. The Morgan fingerprint density at radius 3 is 2.47 bits per heavy atom. The van der Waals surface area contributed by atoms with Crippen LogP contribution in [0.15, 0.2) is 33.5 Å². The summed E-state index contributed by atoms with van der Waals surface area (Å²) < 4.78 is 4.23. The minimum atomic E-state index is -1.73. The van der Waals surface area contributed by atoms with Crippen molar-refractivity contribution in [3.8, 4) is 0 Å². The molecule has 0 amide bonds. The van der Waals surface area contributed by atoms with Gasteiger partial charge in [0.15, 0.2) is 0 Å². The summed E-state index contributed by atoms with van der Waals surface area (Å²) in [6.07, 6.45) is 5.48. The molecular formula is C13H8Cl4O2. The number of alkyl halides is 2. The quantitative estimate of drug-likeness (QED) is 0.495. The number of carbonyl (C=O) groups excluding carboxylic acids is 1. The van der Waals surface area contributed by atoms with Crippen LogP contribution >= 0.6 is 46.4 Å². The molecule has 4 aliphatic rings. The molecule has 2 fully saturated rings. The summed E-state index contributed by atoms with van der Waals surface area (Å²) in [5.41, 5.74) is 0.346. The average Bonchev–Trinajstić information content (AvgIpc) is 3.05. The van der Waals surface area contributed by atoms with E-state index in [1.807, 2.05) is 0 Å². The highest BCUT2D eigenvalue weighted by Gasteiger charge is 2.59. The van der Waals surface area contributed by atoms with Crippen LogP contribution in [-0.4, -0.2) is 16.2 Å². The molecule has 3 aliphatic carbocycles. The second kappa shape index (κ2) is 3.73. The number of hydrogen-bond donors (Lipinski definition) is 0.